The number of aromatic carboxylic acids is 1. The molecule has 0 bridgehead atoms. The molecule has 3 rings (SSSR count). The number of nitrogens with one attached hydrogen (secondary N) is 1. The van der Waals surface area contributed by atoms with Crippen molar-refractivity contribution < 1.29 is 14.7 Å². The SMILES string of the molecule is CN(Cc1ccccc1)C(=O)c1nc(-c2cccc(Cl)c2)[nH]c1C(=O)[O-]. The van der Waals surface area contributed by atoms with Crippen molar-refractivity contribution >= 4 is 23.5 Å². The molecule has 7 heteroatoms. The Bertz CT molecular complexity index is 954. The highest BCUT2D eigenvalue weighted by molar-refractivity contribution is 6.30. The maximum absolute atomic E-state index is 12.7. The van der Waals surface area contributed by atoms with E-state index in [2.05, 4.69) is 9.97 Å². The number of rotatable bonds is 5. The molecule has 0 radical (unpaired) electrons. The number of imidazole rings is 1. The van der Waals surface area contributed by atoms with E-state index < -0.39 is 11.9 Å². The van der Waals surface area contributed by atoms with Gasteiger partial charge in [0.05, 0.1) is 11.7 Å². The van der Waals surface area contributed by atoms with Gasteiger partial charge in [-0.1, -0.05) is 54.1 Å². The molecule has 1 heterocycles. The Kier molecular flexibility index (Phi) is 5.04. The lowest BCUT2D eigenvalue weighted by Gasteiger charge is -2.17. The molecule has 1 aromatic heterocycles. The second kappa shape index (κ2) is 7.41. The van der Waals surface area contributed by atoms with Crippen LogP contribution in [0, 0.1) is 0 Å². The van der Waals surface area contributed by atoms with Crippen LogP contribution in [0.25, 0.3) is 11.4 Å². The number of amides is 1. The number of H-pyrrole nitrogens is 1. The molecule has 26 heavy (non-hydrogen) atoms. The lowest BCUT2D eigenvalue weighted by Crippen LogP contribution is -2.31. The van der Waals surface area contributed by atoms with Gasteiger partial charge in [-0.3, -0.25) is 4.79 Å². The summed E-state index contributed by atoms with van der Waals surface area (Å²) >= 11 is 5.96. The van der Waals surface area contributed by atoms with Crippen molar-refractivity contribution in [1.82, 2.24) is 14.9 Å². The fraction of sp³-hybridized carbons (Fsp3) is 0.105. The van der Waals surface area contributed by atoms with Gasteiger partial charge < -0.3 is 19.8 Å². The van der Waals surface area contributed by atoms with Gasteiger partial charge in [0.1, 0.15) is 5.82 Å². The number of benzene rings is 2. The van der Waals surface area contributed by atoms with Gasteiger partial charge in [0, 0.05) is 24.2 Å². The lowest BCUT2D eigenvalue weighted by atomic mass is 10.2. The van der Waals surface area contributed by atoms with Gasteiger partial charge in [0.2, 0.25) is 0 Å². The summed E-state index contributed by atoms with van der Waals surface area (Å²) in [6.45, 7) is 0.325. The largest absolute Gasteiger partial charge is 0.543 e. The van der Waals surface area contributed by atoms with Gasteiger partial charge in [0.25, 0.3) is 5.91 Å². The number of carbonyl (C=O) groups is 2. The smallest absolute Gasteiger partial charge is 0.274 e. The highest BCUT2D eigenvalue weighted by Gasteiger charge is 2.22. The lowest BCUT2D eigenvalue weighted by molar-refractivity contribution is -0.255. The van der Waals surface area contributed by atoms with Crippen molar-refractivity contribution in [3.63, 3.8) is 0 Å². The van der Waals surface area contributed by atoms with E-state index in [1.54, 1.807) is 31.3 Å². The summed E-state index contributed by atoms with van der Waals surface area (Å²) in [7, 11) is 1.59. The predicted molar refractivity (Wildman–Crippen MR) is 95.6 cm³/mol. The normalized spacial score (nSPS) is 10.5. The minimum atomic E-state index is -1.50. The fourth-order valence-corrected chi connectivity index (χ4v) is 2.75. The van der Waals surface area contributed by atoms with Gasteiger partial charge in [-0.2, -0.15) is 0 Å². The Hall–Kier alpha value is -3.12. The summed E-state index contributed by atoms with van der Waals surface area (Å²) in [4.78, 5) is 32.4. The van der Waals surface area contributed by atoms with Gasteiger partial charge in [-0.05, 0) is 17.7 Å². The number of nitrogens with zero attached hydrogens (tertiary/aromatic N) is 2. The van der Waals surface area contributed by atoms with E-state index in [-0.39, 0.29) is 17.2 Å². The zero-order valence-electron chi connectivity index (χ0n) is 13.9. The van der Waals surface area contributed by atoms with Crippen LogP contribution in [0.4, 0.5) is 0 Å². The molecule has 0 aliphatic heterocycles. The van der Waals surface area contributed by atoms with Crippen molar-refractivity contribution in [2.75, 3.05) is 7.05 Å². The van der Waals surface area contributed by atoms with Crippen molar-refractivity contribution in [2.24, 2.45) is 0 Å². The van der Waals surface area contributed by atoms with E-state index in [1.165, 1.54) is 4.90 Å². The third-order valence-electron chi connectivity index (χ3n) is 3.82. The molecule has 132 valence electrons. The third kappa shape index (κ3) is 3.75. The Morgan fingerprint density at radius 3 is 2.54 bits per heavy atom. The number of aromatic amines is 1. The highest BCUT2D eigenvalue weighted by Crippen LogP contribution is 2.22. The molecule has 0 spiro atoms. The van der Waals surface area contributed by atoms with Gasteiger partial charge in [-0.25, -0.2) is 4.98 Å². The minimum absolute atomic E-state index is 0.196. The van der Waals surface area contributed by atoms with Crippen LogP contribution in [0.15, 0.2) is 54.6 Å². The van der Waals surface area contributed by atoms with Gasteiger partial charge in [-0.15, -0.1) is 0 Å². The first-order valence-corrected chi connectivity index (χ1v) is 8.20. The summed E-state index contributed by atoms with van der Waals surface area (Å²) in [6, 6.07) is 16.1. The van der Waals surface area contributed by atoms with Crippen LogP contribution in [0.3, 0.4) is 0 Å². The topological polar surface area (TPSA) is 89.1 Å². The zero-order chi connectivity index (χ0) is 18.7. The minimum Gasteiger partial charge on any atom is -0.543 e. The summed E-state index contributed by atoms with van der Waals surface area (Å²) in [5, 5.41) is 11.9. The van der Waals surface area contributed by atoms with E-state index in [0.717, 1.165) is 5.56 Å². The molecule has 0 fully saturated rings. The van der Waals surface area contributed by atoms with Crippen molar-refractivity contribution in [3.05, 3.63) is 76.6 Å². The molecular weight excluding hydrogens is 354 g/mol. The molecule has 0 saturated carbocycles. The molecule has 2 aromatic carbocycles. The van der Waals surface area contributed by atoms with Crippen LogP contribution >= 0.6 is 11.6 Å². The number of carboxylic acids is 1. The average molecular weight is 369 g/mol. The summed E-state index contributed by atoms with van der Waals surface area (Å²) in [5.41, 5.74) is 0.942. The van der Waals surface area contributed by atoms with E-state index in [9.17, 15) is 14.7 Å². The van der Waals surface area contributed by atoms with Crippen LogP contribution in [-0.4, -0.2) is 33.8 Å². The summed E-state index contributed by atoms with van der Waals surface area (Å²) < 4.78 is 0. The number of carboxylic acid groups (broad SMARTS) is 1. The third-order valence-corrected chi connectivity index (χ3v) is 4.05. The Morgan fingerprint density at radius 1 is 1.15 bits per heavy atom. The second-order valence-corrected chi connectivity index (χ2v) is 6.19. The zero-order valence-corrected chi connectivity index (χ0v) is 14.7. The Labute approximate surface area is 155 Å². The molecular formula is C19H15ClN3O3-. The fourth-order valence-electron chi connectivity index (χ4n) is 2.56. The standard InChI is InChI=1S/C19H16ClN3O3/c1-23(11-12-6-3-2-4-7-12)18(24)15-16(19(25)26)22-17(21-15)13-8-5-9-14(20)10-13/h2-10H,11H2,1H3,(H,21,22)(H,25,26)/p-1. The number of carbonyl (C=O) groups excluding carboxylic acids is 2. The highest BCUT2D eigenvalue weighted by atomic mass is 35.5. The van der Waals surface area contributed by atoms with Crippen LogP contribution in [-0.2, 0) is 6.54 Å². The van der Waals surface area contributed by atoms with E-state index >= 15 is 0 Å². The van der Waals surface area contributed by atoms with E-state index in [4.69, 9.17) is 11.6 Å². The molecule has 0 aliphatic carbocycles. The first-order valence-electron chi connectivity index (χ1n) is 7.82. The monoisotopic (exact) mass is 368 g/mol. The number of hydrogen-bond donors (Lipinski definition) is 1. The molecule has 0 saturated heterocycles. The van der Waals surface area contributed by atoms with Crippen LogP contribution in [0.5, 0.6) is 0 Å². The second-order valence-electron chi connectivity index (χ2n) is 5.75. The van der Waals surface area contributed by atoms with Crippen molar-refractivity contribution in [2.45, 2.75) is 6.54 Å². The quantitative estimate of drug-likeness (QED) is 0.748. The van der Waals surface area contributed by atoms with Crippen molar-refractivity contribution in [3.8, 4) is 11.4 Å². The molecule has 1 N–H and O–H groups in total. The Morgan fingerprint density at radius 2 is 1.88 bits per heavy atom. The molecule has 6 nitrogen and oxygen atoms in total. The van der Waals surface area contributed by atoms with Gasteiger partial charge in [0.15, 0.2) is 5.69 Å². The number of aromatic nitrogens is 2. The molecule has 0 atom stereocenters. The number of halogens is 1. The predicted octanol–water partition coefficient (Wildman–Crippen LogP) is 2.37. The summed E-state index contributed by atoms with van der Waals surface area (Å²) in [6.07, 6.45) is 0. The van der Waals surface area contributed by atoms with E-state index in [1.807, 2.05) is 30.3 Å². The van der Waals surface area contributed by atoms with Crippen LogP contribution < -0.4 is 5.11 Å². The number of hydrogen-bond acceptors (Lipinski definition) is 4. The average Bonchev–Trinajstić information content (AvgIpc) is 3.07. The molecule has 0 unspecified atom stereocenters. The van der Waals surface area contributed by atoms with Crippen LogP contribution in [0.1, 0.15) is 26.5 Å². The van der Waals surface area contributed by atoms with Crippen LogP contribution in [0.2, 0.25) is 5.02 Å². The molecule has 0 aliphatic rings. The molecule has 3 aromatic rings. The Balaban J connectivity index is 1.93. The first kappa shape index (κ1) is 17.7. The van der Waals surface area contributed by atoms with Crippen molar-refractivity contribution in [1.29, 1.82) is 0 Å². The molecule has 1 amide bonds. The maximum atomic E-state index is 12.7. The maximum Gasteiger partial charge on any atom is 0.274 e. The van der Waals surface area contributed by atoms with E-state index in [0.29, 0.717) is 17.1 Å². The summed E-state index contributed by atoms with van der Waals surface area (Å²) in [5.74, 6) is -1.78. The van der Waals surface area contributed by atoms with Gasteiger partial charge >= 0.3 is 0 Å². The first-order chi connectivity index (χ1) is 12.5.